The molecule has 4 N–H and O–H groups in total. The minimum atomic E-state index is -1.75. The van der Waals surface area contributed by atoms with E-state index in [9.17, 15) is 35.0 Å². The van der Waals surface area contributed by atoms with E-state index in [1.165, 1.54) is 23.8 Å². The van der Waals surface area contributed by atoms with Gasteiger partial charge in [-0.05, 0) is 86.3 Å². The van der Waals surface area contributed by atoms with Gasteiger partial charge in [0.05, 0.1) is 10.5 Å². The molecule has 0 aromatic heterocycles. The molecule has 0 bridgehead atoms. The normalized spacial score (nSPS) is 35.7. The second-order valence-electron chi connectivity index (χ2n) is 12.9. The molecule has 0 spiro atoms. The van der Waals surface area contributed by atoms with Crippen LogP contribution in [0.4, 0.5) is 5.69 Å². The number of nitro groups is 1. The molecule has 11 heteroatoms. The third-order valence-electron chi connectivity index (χ3n) is 10.8. The van der Waals surface area contributed by atoms with Gasteiger partial charge in [0.1, 0.15) is 11.8 Å². The standard InChI is InChI=1S/C31H39N3O8/c1-29-12-9-20(16-19(29)7-8-22-23(29)10-13-30(2)24(22)11-14-31(30,3)39)33-42-17-25(35)32-26(28(37)38)27(36)18-5-4-6-21(15-18)34(40)41/h4-6,9,12,15-16,22-24,26-27,36,39H,7-8,10-11,13-14,17H2,1-3H3,(H,32,35)(H,37,38)/t22-,23+,24-,26+,27-,29+,30+,31+/m1/s1. The highest BCUT2D eigenvalue weighted by Gasteiger charge is 2.62. The highest BCUT2D eigenvalue weighted by Crippen LogP contribution is 2.66. The van der Waals surface area contributed by atoms with Crippen molar-refractivity contribution in [2.24, 2.45) is 33.7 Å². The van der Waals surface area contributed by atoms with E-state index in [1.807, 2.05) is 19.1 Å². The Labute approximate surface area is 244 Å². The van der Waals surface area contributed by atoms with Crippen LogP contribution in [-0.2, 0) is 14.4 Å². The number of nitro benzene ring substituents is 1. The number of aliphatic carboxylic acids is 1. The van der Waals surface area contributed by atoms with E-state index in [-0.39, 0.29) is 22.1 Å². The van der Waals surface area contributed by atoms with E-state index in [4.69, 9.17) is 4.84 Å². The Morgan fingerprint density at radius 2 is 1.93 bits per heavy atom. The number of benzene rings is 1. The third-order valence-corrected chi connectivity index (χ3v) is 10.8. The third kappa shape index (κ3) is 5.13. The summed E-state index contributed by atoms with van der Waals surface area (Å²) >= 11 is 0. The number of carbonyl (C=O) groups is 2. The molecule has 3 fully saturated rings. The minimum Gasteiger partial charge on any atom is -0.480 e. The van der Waals surface area contributed by atoms with Crippen LogP contribution < -0.4 is 5.32 Å². The number of nitrogens with zero attached hydrogens (tertiary/aromatic N) is 2. The molecule has 0 radical (unpaired) electrons. The molecule has 3 saturated carbocycles. The molecule has 1 aromatic rings. The number of hydrogen-bond donors (Lipinski definition) is 4. The number of oxime groups is 1. The maximum Gasteiger partial charge on any atom is 0.329 e. The molecule has 11 nitrogen and oxygen atoms in total. The van der Waals surface area contributed by atoms with Crippen LogP contribution >= 0.6 is 0 Å². The molecule has 0 heterocycles. The van der Waals surface area contributed by atoms with Crippen molar-refractivity contribution in [3.8, 4) is 0 Å². The predicted molar refractivity (Wildman–Crippen MR) is 153 cm³/mol. The average Bonchev–Trinajstić information content (AvgIpc) is 3.19. The topological polar surface area (TPSA) is 172 Å². The number of carboxylic acids is 1. The van der Waals surface area contributed by atoms with E-state index >= 15 is 0 Å². The second kappa shape index (κ2) is 10.9. The summed E-state index contributed by atoms with van der Waals surface area (Å²) in [5, 5.41) is 48.5. The summed E-state index contributed by atoms with van der Waals surface area (Å²) < 4.78 is 0. The molecule has 0 unspecified atom stereocenters. The maximum absolute atomic E-state index is 12.5. The van der Waals surface area contributed by atoms with E-state index in [0.717, 1.165) is 44.6 Å². The lowest BCUT2D eigenvalue weighted by atomic mass is 9.47. The van der Waals surface area contributed by atoms with Crippen molar-refractivity contribution in [2.45, 2.75) is 77.0 Å². The fourth-order valence-corrected chi connectivity index (χ4v) is 8.18. The van der Waals surface area contributed by atoms with Gasteiger partial charge in [-0.3, -0.25) is 14.9 Å². The number of fused-ring (bicyclic) bond motifs is 5. The van der Waals surface area contributed by atoms with Crippen molar-refractivity contribution in [1.82, 2.24) is 5.32 Å². The smallest absolute Gasteiger partial charge is 0.329 e. The zero-order valence-corrected chi connectivity index (χ0v) is 24.2. The highest BCUT2D eigenvalue weighted by molar-refractivity contribution is 6.05. The molecule has 5 rings (SSSR count). The SMILES string of the molecule is C[C@]12C=CC(=NOCC(=O)N[C@H](C(=O)O)[C@H](O)c3cccc([N+](=O)[O-])c3)C=C1CC[C@H]1[C@H]3CC[C@](C)(O)[C@@]3(C)CC[C@@H]12. The first-order valence-corrected chi connectivity index (χ1v) is 14.5. The van der Waals surface area contributed by atoms with Crippen LogP contribution in [-0.4, -0.2) is 56.1 Å². The number of hydrogen-bond acceptors (Lipinski definition) is 8. The first-order valence-electron chi connectivity index (χ1n) is 14.5. The number of non-ortho nitro benzene ring substituents is 1. The van der Waals surface area contributed by atoms with Gasteiger partial charge < -0.3 is 25.5 Å². The Morgan fingerprint density at radius 1 is 1.19 bits per heavy atom. The number of nitrogens with one attached hydrogen (secondary N) is 1. The van der Waals surface area contributed by atoms with E-state index in [2.05, 4.69) is 30.4 Å². The van der Waals surface area contributed by atoms with Crippen molar-refractivity contribution in [3.63, 3.8) is 0 Å². The van der Waals surface area contributed by atoms with Gasteiger partial charge in [-0.1, -0.05) is 42.8 Å². The molecule has 1 aromatic carbocycles. The van der Waals surface area contributed by atoms with Gasteiger partial charge in [0.15, 0.2) is 12.6 Å². The lowest BCUT2D eigenvalue weighted by molar-refractivity contribution is -0.385. The van der Waals surface area contributed by atoms with Crippen molar-refractivity contribution in [1.29, 1.82) is 0 Å². The van der Waals surface area contributed by atoms with Crippen LogP contribution in [0.15, 0.2) is 53.2 Å². The van der Waals surface area contributed by atoms with E-state index < -0.39 is 41.2 Å². The summed E-state index contributed by atoms with van der Waals surface area (Å²) in [6.07, 6.45) is 10.4. The number of amides is 1. The zero-order chi connectivity index (χ0) is 30.4. The van der Waals surface area contributed by atoms with Crippen molar-refractivity contribution < 1.29 is 34.7 Å². The molecule has 1 amide bonds. The molecule has 4 aliphatic rings. The predicted octanol–water partition coefficient (Wildman–Crippen LogP) is 4.06. The van der Waals surface area contributed by atoms with E-state index in [0.29, 0.717) is 23.5 Å². The number of aliphatic hydroxyl groups is 2. The van der Waals surface area contributed by atoms with Crippen LogP contribution in [0.3, 0.4) is 0 Å². The van der Waals surface area contributed by atoms with Crippen molar-refractivity contribution in [2.75, 3.05) is 6.61 Å². The largest absolute Gasteiger partial charge is 0.480 e. The van der Waals surface area contributed by atoms with E-state index in [1.54, 1.807) is 0 Å². The maximum atomic E-state index is 12.5. The van der Waals surface area contributed by atoms with Crippen LogP contribution in [0, 0.1) is 38.7 Å². The van der Waals surface area contributed by atoms with Crippen LogP contribution in [0.25, 0.3) is 0 Å². The fraction of sp³-hybridized carbons (Fsp3) is 0.581. The van der Waals surface area contributed by atoms with Gasteiger partial charge >= 0.3 is 5.97 Å². The molecule has 4 aliphatic carbocycles. The summed E-state index contributed by atoms with van der Waals surface area (Å²) in [4.78, 5) is 39.8. The number of rotatable bonds is 8. The molecular weight excluding hydrogens is 542 g/mol. The Bertz CT molecular complexity index is 1370. The number of carbonyl (C=O) groups excluding carboxylic acids is 1. The van der Waals surface area contributed by atoms with Gasteiger partial charge in [-0.25, -0.2) is 4.79 Å². The number of allylic oxidation sites excluding steroid dienone is 4. The van der Waals surface area contributed by atoms with Crippen LogP contribution in [0.5, 0.6) is 0 Å². The Morgan fingerprint density at radius 3 is 2.64 bits per heavy atom. The van der Waals surface area contributed by atoms with Gasteiger partial charge in [-0.2, -0.15) is 0 Å². The van der Waals surface area contributed by atoms with Gasteiger partial charge in [0.2, 0.25) is 0 Å². The molecular formula is C31H39N3O8. The summed E-state index contributed by atoms with van der Waals surface area (Å²) in [5.41, 5.74) is 0.745. The first kappa shape index (κ1) is 29.9. The monoisotopic (exact) mass is 581 g/mol. The summed E-state index contributed by atoms with van der Waals surface area (Å²) in [7, 11) is 0. The lowest BCUT2D eigenvalue weighted by Crippen LogP contribution is -2.53. The summed E-state index contributed by atoms with van der Waals surface area (Å²) in [6.45, 7) is 5.99. The summed E-state index contributed by atoms with van der Waals surface area (Å²) in [5.74, 6) is -0.763. The zero-order valence-electron chi connectivity index (χ0n) is 24.2. The Kier molecular flexibility index (Phi) is 7.78. The second-order valence-corrected chi connectivity index (χ2v) is 12.9. The van der Waals surface area contributed by atoms with Crippen molar-refractivity contribution in [3.05, 3.63) is 63.7 Å². The average molecular weight is 582 g/mol. The minimum absolute atomic E-state index is 0.0179. The van der Waals surface area contributed by atoms with Crippen LogP contribution in [0.2, 0.25) is 0 Å². The van der Waals surface area contributed by atoms with Crippen molar-refractivity contribution >= 4 is 23.3 Å². The van der Waals surface area contributed by atoms with Gasteiger partial charge in [-0.15, -0.1) is 0 Å². The first-order chi connectivity index (χ1) is 19.8. The van der Waals surface area contributed by atoms with Gasteiger partial charge in [0, 0.05) is 17.5 Å². The molecule has 42 heavy (non-hydrogen) atoms. The molecule has 0 saturated heterocycles. The molecule has 226 valence electrons. The lowest BCUT2D eigenvalue weighted by Gasteiger charge is -2.58. The Hall–Kier alpha value is -3.57. The molecule has 8 atom stereocenters. The highest BCUT2D eigenvalue weighted by atomic mass is 16.6. The number of aliphatic hydroxyl groups excluding tert-OH is 1. The Balaban J connectivity index is 1.20. The summed E-state index contributed by atoms with van der Waals surface area (Å²) in [6, 6.07) is 3.19. The fourth-order valence-electron chi connectivity index (χ4n) is 8.18. The molecule has 0 aliphatic heterocycles. The quantitative estimate of drug-likeness (QED) is 0.263. The number of carboxylic acid groups (broad SMARTS) is 1. The van der Waals surface area contributed by atoms with Gasteiger partial charge in [0.25, 0.3) is 11.6 Å². The van der Waals surface area contributed by atoms with Crippen LogP contribution in [0.1, 0.15) is 71.0 Å².